The van der Waals surface area contributed by atoms with E-state index in [1.54, 1.807) is 7.11 Å². The van der Waals surface area contributed by atoms with E-state index in [2.05, 4.69) is 40.7 Å². The lowest BCUT2D eigenvalue weighted by atomic mass is 9.34. The van der Waals surface area contributed by atoms with Gasteiger partial charge in [0.2, 0.25) is 0 Å². The molecule has 5 aliphatic carbocycles. The second kappa shape index (κ2) is 9.61. The maximum absolute atomic E-state index is 14.5. The minimum absolute atomic E-state index is 0.0352. The Labute approximate surface area is 245 Å². The van der Waals surface area contributed by atoms with E-state index in [9.17, 15) is 19.6 Å². The summed E-state index contributed by atoms with van der Waals surface area (Å²) in [6.45, 7) is 13.3. The second-order valence-corrected chi connectivity index (χ2v) is 15.4. The van der Waals surface area contributed by atoms with Crippen LogP contribution in [0.15, 0.2) is 23.3 Å². The second-order valence-electron chi connectivity index (χ2n) is 15.4. The average Bonchev–Trinajstić information content (AvgIpc) is 2.91. The fourth-order valence-electron chi connectivity index (χ4n) is 10.5. The third-order valence-electron chi connectivity index (χ3n) is 12.9. The molecule has 0 aromatic heterocycles. The molecule has 41 heavy (non-hydrogen) atoms. The zero-order valence-corrected chi connectivity index (χ0v) is 26.1. The molecular weight excluding hydrogens is 518 g/mol. The number of ether oxygens (including phenoxy) is 3. The van der Waals surface area contributed by atoms with Gasteiger partial charge >= 0.3 is 5.97 Å². The number of hydrogen-bond donors (Lipinski definition) is 0. The summed E-state index contributed by atoms with van der Waals surface area (Å²) >= 11 is 0. The number of nitriles is 1. The zero-order chi connectivity index (χ0) is 30.2. The van der Waals surface area contributed by atoms with Gasteiger partial charge in [0.15, 0.2) is 11.6 Å². The number of Topliss-reactive ketones (excluding diaryl/α,β-unsaturated/α-hetero) is 1. The zero-order valence-electron chi connectivity index (χ0n) is 26.1. The average molecular weight is 566 g/mol. The maximum atomic E-state index is 14.5. The molecule has 0 aromatic carbocycles. The van der Waals surface area contributed by atoms with Gasteiger partial charge in [-0.1, -0.05) is 46.3 Å². The van der Waals surface area contributed by atoms with Crippen molar-refractivity contribution in [3.8, 4) is 6.07 Å². The molecule has 0 saturated heterocycles. The van der Waals surface area contributed by atoms with Crippen LogP contribution in [0.4, 0.5) is 0 Å². The monoisotopic (exact) mass is 565 g/mol. The van der Waals surface area contributed by atoms with E-state index in [0.717, 1.165) is 44.1 Å². The molecule has 0 aromatic rings. The predicted molar refractivity (Wildman–Crippen MR) is 153 cm³/mol. The molecule has 0 unspecified atom stereocenters. The summed E-state index contributed by atoms with van der Waals surface area (Å²) < 4.78 is 16.3. The number of ketones is 2. The molecule has 8 atom stereocenters. The molecule has 0 aliphatic heterocycles. The van der Waals surface area contributed by atoms with Gasteiger partial charge in [-0.2, -0.15) is 5.26 Å². The van der Waals surface area contributed by atoms with E-state index in [4.69, 9.17) is 14.2 Å². The molecule has 0 spiro atoms. The number of methoxy groups -OCH3 is 2. The molecule has 0 radical (unpaired) electrons. The quantitative estimate of drug-likeness (QED) is 0.230. The van der Waals surface area contributed by atoms with Gasteiger partial charge in [-0.25, -0.2) is 0 Å². The van der Waals surface area contributed by atoms with Crippen molar-refractivity contribution in [1.29, 1.82) is 5.26 Å². The fourth-order valence-corrected chi connectivity index (χ4v) is 10.5. The molecule has 3 saturated carbocycles. The molecule has 5 rings (SSSR count). The van der Waals surface area contributed by atoms with Gasteiger partial charge in [-0.3, -0.25) is 14.4 Å². The summed E-state index contributed by atoms with van der Waals surface area (Å²) in [6.07, 6.45) is 9.28. The molecule has 7 nitrogen and oxygen atoms in total. The van der Waals surface area contributed by atoms with Crippen LogP contribution in [-0.2, 0) is 28.6 Å². The Morgan fingerprint density at radius 1 is 1.02 bits per heavy atom. The van der Waals surface area contributed by atoms with Gasteiger partial charge in [-0.05, 0) is 86.0 Å². The number of hydrogen-bond acceptors (Lipinski definition) is 7. The molecule has 0 heterocycles. The highest BCUT2D eigenvalue weighted by molar-refractivity contribution is 6.05. The van der Waals surface area contributed by atoms with Crippen molar-refractivity contribution < 1.29 is 28.6 Å². The molecule has 224 valence electrons. The fraction of sp³-hybridized carbons (Fsp3) is 0.765. The van der Waals surface area contributed by atoms with Crippen LogP contribution in [0.5, 0.6) is 0 Å². The van der Waals surface area contributed by atoms with E-state index in [0.29, 0.717) is 6.42 Å². The van der Waals surface area contributed by atoms with Gasteiger partial charge in [0, 0.05) is 18.4 Å². The summed E-state index contributed by atoms with van der Waals surface area (Å²) in [4.78, 5) is 41.7. The lowest BCUT2D eigenvalue weighted by molar-refractivity contribution is -0.191. The van der Waals surface area contributed by atoms with Crippen molar-refractivity contribution in [2.75, 3.05) is 27.6 Å². The summed E-state index contributed by atoms with van der Waals surface area (Å²) in [6, 6.07) is 2.17. The van der Waals surface area contributed by atoms with E-state index in [1.807, 2.05) is 19.1 Å². The Balaban J connectivity index is 1.66. The van der Waals surface area contributed by atoms with Crippen molar-refractivity contribution in [3.05, 3.63) is 23.3 Å². The maximum Gasteiger partial charge on any atom is 0.312 e. The van der Waals surface area contributed by atoms with Crippen molar-refractivity contribution in [3.63, 3.8) is 0 Å². The summed E-state index contributed by atoms with van der Waals surface area (Å²) in [5, 5.41) is 10.1. The van der Waals surface area contributed by atoms with Crippen LogP contribution in [0.3, 0.4) is 0 Å². The molecule has 5 aliphatic rings. The lowest BCUT2D eigenvalue weighted by Gasteiger charge is -2.68. The van der Waals surface area contributed by atoms with Gasteiger partial charge < -0.3 is 14.2 Å². The number of carbonyl (C=O) groups is 3. The minimum Gasteiger partial charge on any atom is -0.469 e. The topological polar surface area (TPSA) is 103 Å². The van der Waals surface area contributed by atoms with Crippen molar-refractivity contribution >= 4 is 17.5 Å². The van der Waals surface area contributed by atoms with E-state index < -0.39 is 16.2 Å². The van der Waals surface area contributed by atoms with Crippen LogP contribution in [0.2, 0.25) is 0 Å². The number of fused-ring (bicyclic) bond motifs is 7. The molecule has 3 fully saturated rings. The Morgan fingerprint density at radius 3 is 2.34 bits per heavy atom. The summed E-state index contributed by atoms with van der Waals surface area (Å²) in [7, 11) is 3.02. The Kier molecular flexibility index (Phi) is 7.07. The van der Waals surface area contributed by atoms with Crippen molar-refractivity contribution in [1.82, 2.24) is 0 Å². The Hall–Kier alpha value is -2.30. The Bertz CT molecular complexity index is 1270. The van der Waals surface area contributed by atoms with Crippen LogP contribution in [0, 0.1) is 61.6 Å². The van der Waals surface area contributed by atoms with Crippen LogP contribution in [0.1, 0.15) is 86.5 Å². The number of esters is 1. The molecular formula is C34H47NO6. The third kappa shape index (κ3) is 3.92. The highest BCUT2D eigenvalue weighted by Gasteiger charge is 2.71. The van der Waals surface area contributed by atoms with Gasteiger partial charge in [0.1, 0.15) is 12.9 Å². The summed E-state index contributed by atoms with van der Waals surface area (Å²) in [5.41, 5.74) is -1.72. The normalized spacial score (nSPS) is 44.7. The highest BCUT2D eigenvalue weighted by Crippen LogP contribution is 2.74. The first-order chi connectivity index (χ1) is 19.1. The minimum atomic E-state index is -0.921. The smallest absolute Gasteiger partial charge is 0.312 e. The van der Waals surface area contributed by atoms with Gasteiger partial charge in [0.05, 0.1) is 30.1 Å². The highest BCUT2D eigenvalue weighted by atomic mass is 16.7. The van der Waals surface area contributed by atoms with Gasteiger partial charge in [0.25, 0.3) is 0 Å². The van der Waals surface area contributed by atoms with E-state index in [1.165, 1.54) is 7.11 Å². The van der Waals surface area contributed by atoms with Crippen LogP contribution >= 0.6 is 0 Å². The number of rotatable bonds is 5. The molecule has 0 amide bonds. The van der Waals surface area contributed by atoms with Crippen LogP contribution in [0.25, 0.3) is 0 Å². The lowest BCUT2D eigenvalue weighted by Crippen LogP contribution is -2.66. The first kappa shape index (κ1) is 30.2. The number of allylic oxidation sites excluding steroid dienone is 4. The first-order valence-electron chi connectivity index (χ1n) is 15.2. The largest absolute Gasteiger partial charge is 0.469 e. The van der Waals surface area contributed by atoms with Crippen molar-refractivity contribution in [2.45, 2.75) is 86.5 Å². The molecule has 0 bridgehead atoms. The van der Waals surface area contributed by atoms with Gasteiger partial charge in [-0.15, -0.1) is 0 Å². The van der Waals surface area contributed by atoms with Crippen LogP contribution < -0.4 is 0 Å². The molecule has 7 heteroatoms. The predicted octanol–water partition coefficient (Wildman–Crippen LogP) is 5.98. The van der Waals surface area contributed by atoms with Crippen LogP contribution in [-0.4, -0.2) is 45.2 Å². The third-order valence-corrected chi connectivity index (χ3v) is 12.9. The number of carbonyl (C=O) groups excluding carboxylic acids is 3. The standard InChI is InChI=1S/C34H47NO6/c1-29(2)11-13-34(28(38)40-8)14-12-33(6)26(22(34)17-29)23(36)15-25-30(3)16-21(18-35)27(37)31(4,19-41-20-39-7)24(30)9-10-32(25,33)5/h15-16,22,24,26H,9-14,17,19-20H2,1-8H3/t22-,24+,26-,30-,31+,32+,33+,34-/m0/s1. The molecule has 0 N–H and O–H groups in total. The SMILES string of the molecule is COCOC[C@@]1(C)C(=O)C(C#N)=C[C@]2(C)C3=CC(=O)[C@@H]4[C@@H]5CC(C)(C)CC[C@]5(C(=O)OC)CC[C@@]4(C)[C@]3(C)CC[C@@H]12. The van der Waals surface area contributed by atoms with E-state index in [-0.39, 0.29) is 70.5 Å². The van der Waals surface area contributed by atoms with Crippen molar-refractivity contribution in [2.24, 2.45) is 50.2 Å². The number of nitrogens with zero attached hydrogens (tertiary/aromatic N) is 1. The van der Waals surface area contributed by atoms with E-state index >= 15 is 0 Å². The first-order valence-corrected chi connectivity index (χ1v) is 15.2. The Morgan fingerprint density at radius 2 is 1.71 bits per heavy atom. The summed E-state index contributed by atoms with van der Waals surface area (Å²) in [5.74, 6) is -0.781.